The number of nitrogen functional groups attached to an aromatic ring is 1. The normalized spacial score (nSPS) is 17.3. The number of nitrogens with zero attached hydrogens (tertiary/aromatic N) is 5. The first-order valence-corrected chi connectivity index (χ1v) is 17.2. The van der Waals surface area contributed by atoms with Gasteiger partial charge in [0.2, 0.25) is 0 Å². The first-order valence-electron chi connectivity index (χ1n) is 13.3. The molecule has 1 saturated heterocycles. The van der Waals surface area contributed by atoms with Gasteiger partial charge in [-0.1, -0.05) is 17.3 Å². The van der Waals surface area contributed by atoms with Crippen molar-refractivity contribution in [3.8, 4) is 16.9 Å². The van der Waals surface area contributed by atoms with Crippen LogP contribution < -0.4 is 21.5 Å². The number of hydroxylamine groups is 2. The van der Waals surface area contributed by atoms with Crippen LogP contribution in [-0.2, 0) is 40.2 Å². The Balaban J connectivity index is 1.47. The van der Waals surface area contributed by atoms with Gasteiger partial charge < -0.3 is 36.1 Å². The minimum Gasteiger partial charge on any atom is -0.489 e. The molecule has 8 N–H and O–H groups in total. The highest BCUT2D eigenvalue weighted by Crippen LogP contribution is 2.42. The topological polar surface area (TPSA) is 284 Å². The van der Waals surface area contributed by atoms with Gasteiger partial charge in [-0.3, -0.25) is 23.4 Å². The van der Waals surface area contributed by atoms with Gasteiger partial charge >= 0.3 is 18.0 Å². The molecule has 0 radical (unpaired) electrons. The molecular weight excluding hydrogens is 671 g/mol. The van der Waals surface area contributed by atoms with Crippen molar-refractivity contribution in [2.45, 2.75) is 44.2 Å². The molecule has 3 aromatic rings. The second-order valence-electron chi connectivity index (χ2n) is 10.3. The monoisotopic (exact) mass is 702 g/mol. The maximum Gasteiger partial charge on any atom is 0.418 e. The van der Waals surface area contributed by atoms with Gasteiger partial charge in [-0.15, -0.1) is 15.6 Å². The molecule has 0 bridgehead atoms. The Morgan fingerprint density at radius 1 is 1.26 bits per heavy atom. The lowest BCUT2D eigenvalue weighted by Crippen LogP contribution is -2.76. The fourth-order valence-electron chi connectivity index (χ4n) is 4.12. The van der Waals surface area contributed by atoms with Crippen LogP contribution in [0.2, 0.25) is 0 Å². The quantitative estimate of drug-likeness (QED) is 0.0402. The third-order valence-corrected chi connectivity index (χ3v) is 8.55. The summed E-state index contributed by atoms with van der Waals surface area (Å²) in [5.41, 5.74) is 10.6. The number of hydrogen-bond donors (Lipinski definition) is 6. The Hall–Kier alpha value is -3.95. The lowest BCUT2D eigenvalue weighted by Gasteiger charge is -2.50. The fraction of sp³-hybridized carbons (Fsp3) is 0.375. The van der Waals surface area contributed by atoms with Crippen molar-refractivity contribution in [1.29, 1.82) is 0 Å². The number of β-lactam (4-membered cyclic amide) rings is 1. The van der Waals surface area contributed by atoms with E-state index in [4.69, 9.17) is 25.6 Å². The average Bonchev–Trinajstić information content (AvgIpc) is 3.63. The molecule has 2 aromatic heterocycles. The van der Waals surface area contributed by atoms with Crippen molar-refractivity contribution in [2.75, 3.05) is 18.9 Å². The highest BCUT2D eigenvalue weighted by molar-refractivity contribution is 7.80. The summed E-state index contributed by atoms with van der Waals surface area (Å²) in [4.78, 5) is 54.6. The number of oxime groups is 1. The molecule has 1 unspecified atom stereocenters. The maximum absolute atomic E-state index is 13.2. The highest BCUT2D eigenvalue weighted by Gasteiger charge is 2.58. The van der Waals surface area contributed by atoms with Crippen LogP contribution in [0.4, 0.5) is 5.13 Å². The van der Waals surface area contributed by atoms with E-state index in [1.807, 2.05) is 6.20 Å². The van der Waals surface area contributed by atoms with E-state index in [9.17, 15) is 32.4 Å². The number of nitrogens with one attached hydrogen (secondary N) is 1. The molecule has 2 amide bonds. The lowest BCUT2D eigenvalue weighted by atomic mass is 9.84. The number of aromatic nitrogens is 3. The number of rotatable bonds is 15. The van der Waals surface area contributed by atoms with Crippen LogP contribution in [0.25, 0.3) is 11.1 Å². The Bertz CT molecular complexity index is 1750. The number of nitrogens with two attached hydrogens (primary N) is 2. The zero-order valence-electron chi connectivity index (χ0n) is 24.3. The Labute approximate surface area is 266 Å². The Morgan fingerprint density at radius 2 is 1.96 bits per heavy atom. The van der Waals surface area contributed by atoms with Crippen LogP contribution in [0.5, 0.6) is 5.75 Å². The number of thiazole rings is 1. The number of hydrogen-bond acceptors (Lipinski definition) is 14. The first kappa shape index (κ1) is 34.9. The molecule has 46 heavy (non-hydrogen) atoms. The molecule has 3 heterocycles. The van der Waals surface area contributed by atoms with Crippen LogP contribution in [0, 0.1) is 0 Å². The summed E-state index contributed by atoms with van der Waals surface area (Å²) in [5, 5.41) is 11.9. The van der Waals surface area contributed by atoms with Gasteiger partial charge in [-0.05, 0) is 44.5 Å². The van der Waals surface area contributed by atoms with Crippen molar-refractivity contribution < 1.29 is 50.8 Å². The number of ether oxygens (including phenoxy) is 1. The Kier molecular flexibility index (Phi) is 10.5. The number of amides is 2. The third-order valence-electron chi connectivity index (χ3n) is 6.55. The molecule has 0 spiro atoms. The van der Waals surface area contributed by atoms with Gasteiger partial charge in [-0.25, -0.2) is 4.98 Å². The van der Waals surface area contributed by atoms with Crippen molar-refractivity contribution in [3.63, 3.8) is 0 Å². The smallest absolute Gasteiger partial charge is 0.418 e. The molecular formula is C24H31N8O11PS2. The summed E-state index contributed by atoms with van der Waals surface area (Å²) in [6, 6.07) is 5.25. The first-order chi connectivity index (χ1) is 21.5. The van der Waals surface area contributed by atoms with Gasteiger partial charge in [0.25, 0.3) is 17.7 Å². The van der Waals surface area contributed by atoms with E-state index >= 15 is 0 Å². The third kappa shape index (κ3) is 8.44. The number of anilines is 1. The van der Waals surface area contributed by atoms with E-state index in [-0.39, 0.29) is 16.6 Å². The molecule has 1 fully saturated rings. The van der Waals surface area contributed by atoms with Crippen molar-refractivity contribution in [2.24, 2.45) is 10.9 Å². The molecule has 2 atom stereocenters. The summed E-state index contributed by atoms with van der Waals surface area (Å²) in [5.74, 6) is -3.84. The summed E-state index contributed by atoms with van der Waals surface area (Å²) in [7, 11) is -10.1. The summed E-state index contributed by atoms with van der Waals surface area (Å²) in [6.45, 7) is 3.20. The molecule has 0 aliphatic carbocycles. The standard InChI is InChI=1S/C24H31N8O11PS2/c1-24(2)20(22(34)32(24)43-46(38,39)40)29-21(33)19(17-13-45-23(26)28-17)30-42-18(44(35,36)37)12-41-16-6-4-14(5-7-16)15-10-27-31(11-15)9-3-8-25/h4-7,10-11,13,18,20H,3,8-9,12,25H2,1-2H3,(H2,26,28)(H,29,33)(H2,35,36,37)(H,38,39,40)/b30-19-/t18?,20-/m1/s1. The predicted octanol–water partition coefficient (Wildman–Crippen LogP) is 0.0811. The minimum atomic E-state index is -5.04. The van der Waals surface area contributed by atoms with Crippen molar-refractivity contribution in [1.82, 2.24) is 25.1 Å². The molecule has 19 nitrogen and oxygen atoms in total. The van der Waals surface area contributed by atoms with Crippen molar-refractivity contribution >= 4 is 52.0 Å². The number of aryl methyl sites for hydroxylation is 1. The van der Waals surface area contributed by atoms with Crippen LogP contribution in [0.15, 0.2) is 47.2 Å². The highest BCUT2D eigenvalue weighted by atomic mass is 32.3. The molecule has 4 rings (SSSR count). The zero-order valence-corrected chi connectivity index (χ0v) is 26.8. The van der Waals surface area contributed by atoms with E-state index in [0.717, 1.165) is 28.9 Å². The van der Waals surface area contributed by atoms with E-state index < -0.39 is 59.6 Å². The van der Waals surface area contributed by atoms with Gasteiger partial charge in [-0.2, -0.15) is 18.6 Å². The minimum absolute atomic E-state index is 0.0181. The van der Waals surface area contributed by atoms with Crippen LogP contribution in [-0.4, -0.2) is 90.7 Å². The molecule has 1 aromatic carbocycles. The maximum atomic E-state index is 13.2. The SMILES string of the molecule is CC1(C)[C@H](NC(=O)/C(=N\OC(COc2ccc(-c3cnn(CCCN)c3)cc2)P(=O)(O)O)c2csc(N)n2)C(=O)N1OS(=O)(=O)O. The van der Waals surface area contributed by atoms with E-state index in [2.05, 4.69) is 24.8 Å². The fourth-order valence-corrected chi connectivity index (χ4v) is 5.56. The molecule has 0 saturated carbocycles. The molecule has 22 heteroatoms. The second-order valence-corrected chi connectivity index (χ2v) is 14.0. The zero-order chi connectivity index (χ0) is 33.9. The van der Waals surface area contributed by atoms with E-state index in [1.165, 1.54) is 19.2 Å². The molecule has 1 aliphatic heterocycles. The van der Waals surface area contributed by atoms with Crippen LogP contribution in [0.1, 0.15) is 26.0 Å². The van der Waals surface area contributed by atoms with Crippen LogP contribution in [0.3, 0.4) is 0 Å². The number of benzene rings is 1. The summed E-state index contributed by atoms with van der Waals surface area (Å²) < 4.78 is 54.9. The van der Waals surface area contributed by atoms with E-state index in [1.54, 1.807) is 35.1 Å². The Morgan fingerprint density at radius 3 is 2.52 bits per heavy atom. The average molecular weight is 703 g/mol. The predicted molar refractivity (Wildman–Crippen MR) is 162 cm³/mol. The van der Waals surface area contributed by atoms with Gasteiger partial charge in [0.15, 0.2) is 10.8 Å². The second kappa shape index (κ2) is 13.8. The van der Waals surface area contributed by atoms with Gasteiger partial charge in [0.1, 0.15) is 24.1 Å². The van der Waals surface area contributed by atoms with Crippen LogP contribution >= 0.6 is 18.9 Å². The van der Waals surface area contributed by atoms with Gasteiger partial charge in [0, 0.05) is 23.7 Å². The summed E-state index contributed by atoms with van der Waals surface area (Å²) in [6.07, 6.45) is 4.32. The number of carbonyl (C=O) groups is 2. The summed E-state index contributed by atoms with van der Waals surface area (Å²) >= 11 is 0.919. The largest absolute Gasteiger partial charge is 0.489 e. The number of carbonyl (C=O) groups excluding carboxylic acids is 2. The lowest BCUT2D eigenvalue weighted by molar-refractivity contribution is -0.218. The molecule has 250 valence electrons. The molecule has 1 aliphatic rings. The van der Waals surface area contributed by atoms with E-state index in [0.29, 0.717) is 18.2 Å². The van der Waals surface area contributed by atoms with Gasteiger partial charge in [0.05, 0.1) is 11.7 Å². The van der Waals surface area contributed by atoms with Crippen molar-refractivity contribution in [3.05, 3.63) is 47.7 Å².